The fraction of sp³-hybridized carbons (Fsp3) is 0.611. The van der Waals surface area contributed by atoms with E-state index < -0.39 is 0 Å². The lowest BCUT2D eigenvalue weighted by molar-refractivity contribution is 0.0513. The Morgan fingerprint density at radius 3 is 2.74 bits per heavy atom. The Morgan fingerprint density at radius 1 is 1.30 bits per heavy atom. The second-order valence-corrected chi connectivity index (χ2v) is 7.67. The molecule has 0 radical (unpaired) electrons. The van der Waals surface area contributed by atoms with Crippen molar-refractivity contribution in [3.63, 3.8) is 0 Å². The van der Waals surface area contributed by atoms with Gasteiger partial charge >= 0.3 is 6.03 Å². The number of carbonyl (C=O) groups is 1. The van der Waals surface area contributed by atoms with E-state index in [-0.39, 0.29) is 6.03 Å². The molecule has 3 atom stereocenters. The third kappa shape index (κ3) is 4.21. The normalized spacial score (nSPS) is 27.5. The first-order valence-corrected chi connectivity index (χ1v) is 9.92. The van der Waals surface area contributed by atoms with Gasteiger partial charge in [-0.2, -0.15) is 11.8 Å². The first-order valence-electron chi connectivity index (χ1n) is 8.53. The molecule has 126 valence electrons. The molecule has 2 N–H and O–H groups in total. The lowest BCUT2D eigenvalue weighted by Crippen LogP contribution is -2.55. The molecule has 1 unspecified atom stereocenters. The summed E-state index contributed by atoms with van der Waals surface area (Å²) in [5.41, 5.74) is 2.12. The van der Waals surface area contributed by atoms with Gasteiger partial charge in [0.1, 0.15) is 0 Å². The number of hydrogen-bond acceptors (Lipinski definition) is 3. The number of piperidine rings is 2. The number of fused-ring (bicyclic) bond motifs is 2. The van der Waals surface area contributed by atoms with Crippen LogP contribution in [0.5, 0.6) is 0 Å². The van der Waals surface area contributed by atoms with Crippen LogP contribution in [0.4, 0.5) is 10.5 Å². The maximum Gasteiger partial charge on any atom is 0.319 e. The van der Waals surface area contributed by atoms with E-state index in [1.54, 1.807) is 11.8 Å². The molecule has 2 amide bonds. The summed E-state index contributed by atoms with van der Waals surface area (Å²) in [6.45, 7) is 0. The van der Waals surface area contributed by atoms with Gasteiger partial charge in [0, 0.05) is 29.6 Å². The standard InChI is InChI=1S/C18H27N3OS/c1-21-16-7-4-8-17(21)11-15(10-16)20-18(22)19-14-6-3-5-13(9-14)12-23-2/h3,5-6,9,15-17H,4,7-8,10-12H2,1-2H3,(H2,19,20,22)/t15?,16-,17+. The Bertz CT molecular complexity index is 537. The van der Waals surface area contributed by atoms with Crippen LogP contribution in [0.3, 0.4) is 0 Å². The minimum absolute atomic E-state index is 0.0704. The van der Waals surface area contributed by atoms with Crippen molar-refractivity contribution in [2.24, 2.45) is 0 Å². The van der Waals surface area contributed by atoms with Gasteiger partial charge in [0.05, 0.1) is 0 Å². The van der Waals surface area contributed by atoms with Gasteiger partial charge in [-0.15, -0.1) is 0 Å². The van der Waals surface area contributed by atoms with Crippen LogP contribution in [0, 0.1) is 0 Å². The third-order valence-corrected chi connectivity index (χ3v) is 5.79. The van der Waals surface area contributed by atoms with Gasteiger partial charge < -0.3 is 15.5 Å². The number of amides is 2. The van der Waals surface area contributed by atoms with Crippen molar-refractivity contribution in [1.29, 1.82) is 0 Å². The predicted molar refractivity (Wildman–Crippen MR) is 98.0 cm³/mol. The van der Waals surface area contributed by atoms with Gasteiger partial charge in [0.2, 0.25) is 0 Å². The molecule has 1 aromatic carbocycles. The molecular formula is C18H27N3OS. The number of urea groups is 1. The Labute approximate surface area is 143 Å². The second kappa shape index (κ2) is 7.58. The van der Waals surface area contributed by atoms with Crippen LogP contribution >= 0.6 is 11.8 Å². The Balaban J connectivity index is 1.54. The molecule has 2 bridgehead atoms. The van der Waals surface area contributed by atoms with Gasteiger partial charge in [0.15, 0.2) is 0 Å². The quantitative estimate of drug-likeness (QED) is 0.883. The zero-order chi connectivity index (χ0) is 16.2. The largest absolute Gasteiger partial charge is 0.335 e. The van der Waals surface area contributed by atoms with Crippen molar-refractivity contribution in [2.45, 2.75) is 56.0 Å². The summed E-state index contributed by atoms with van der Waals surface area (Å²) >= 11 is 1.79. The third-order valence-electron chi connectivity index (χ3n) is 5.17. The smallest absolute Gasteiger partial charge is 0.319 e. The summed E-state index contributed by atoms with van der Waals surface area (Å²) in [6, 6.07) is 9.61. The van der Waals surface area contributed by atoms with E-state index in [0.717, 1.165) is 24.3 Å². The summed E-state index contributed by atoms with van der Waals surface area (Å²) < 4.78 is 0. The van der Waals surface area contributed by atoms with E-state index in [4.69, 9.17) is 0 Å². The monoisotopic (exact) mass is 333 g/mol. The molecular weight excluding hydrogens is 306 g/mol. The lowest BCUT2D eigenvalue weighted by Gasteiger charge is -2.47. The van der Waals surface area contributed by atoms with E-state index >= 15 is 0 Å². The van der Waals surface area contributed by atoms with Gasteiger partial charge in [-0.25, -0.2) is 4.79 Å². The second-order valence-electron chi connectivity index (χ2n) is 6.80. The minimum Gasteiger partial charge on any atom is -0.335 e. The van der Waals surface area contributed by atoms with Crippen molar-refractivity contribution < 1.29 is 4.79 Å². The van der Waals surface area contributed by atoms with Crippen molar-refractivity contribution in [3.05, 3.63) is 29.8 Å². The molecule has 2 aliphatic rings. The predicted octanol–water partition coefficient (Wildman–Crippen LogP) is 3.69. The van der Waals surface area contributed by atoms with Crippen molar-refractivity contribution in [1.82, 2.24) is 10.2 Å². The molecule has 2 heterocycles. The highest BCUT2D eigenvalue weighted by Crippen LogP contribution is 2.32. The van der Waals surface area contributed by atoms with Crippen LogP contribution in [0.15, 0.2) is 24.3 Å². The summed E-state index contributed by atoms with van der Waals surface area (Å²) in [5.74, 6) is 0.968. The van der Waals surface area contributed by atoms with Crippen LogP contribution < -0.4 is 10.6 Å². The Kier molecular flexibility index (Phi) is 5.49. The fourth-order valence-electron chi connectivity index (χ4n) is 3.99. The molecule has 2 saturated heterocycles. The van der Waals surface area contributed by atoms with Crippen LogP contribution in [0.2, 0.25) is 0 Å². The highest BCUT2D eigenvalue weighted by molar-refractivity contribution is 7.97. The Morgan fingerprint density at radius 2 is 2.04 bits per heavy atom. The summed E-state index contributed by atoms with van der Waals surface area (Å²) in [4.78, 5) is 14.8. The van der Waals surface area contributed by atoms with Crippen molar-refractivity contribution in [3.8, 4) is 0 Å². The molecule has 2 fully saturated rings. The lowest BCUT2D eigenvalue weighted by atomic mass is 9.82. The highest BCUT2D eigenvalue weighted by Gasteiger charge is 2.36. The molecule has 3 rings (SSSR count). The van der Waals surface area contributed by atoms with Crippen LogP contribution in [-0.4, -0.2) is 42.4 Å². The van der Waals surface area contributed by atoms with Crippen LogP contribution in [0.1, 0.15) is 37.7 Å². The van der Waals surface area contributed by atoms with Gasteiger partial charge in [-0.1, -0.05) is 18.6 Å². The van der Waals surface area contributed by atoms with Crippen LogP contribution in [-0.2, 0) is 5.75 Å². The van der Waals surface area contributed by atoms with E-state index in [2.05, 4.69) is 41.0 Å². The number of rotatable bonds is 4. The number of hydrogen-bond donors (Lipinski definition) is 2. The minimum atomic E-state index is -0.0704. The van der Waals surface area contributed by atoms with Gasteiger partial charge in [-0.3, -0.25) is 0 Å². The Hall–Kier alpha value is -1.20. The highest BCUT2D eigenvalue weighted by atomic mass is 32.2. The van der Waals surface area contributed by atoms with E-state index in [1.807, 2.05) is 12.1 Å². The van der Waals surface area contributed by atoms with Crippen LogP contribution in [0.25, 0.3) is 0 Å². The zero-order valence-corrected chi connectivity index (χ0v) is 14.9. The number of carbonyl (C=O) groups excluding carboxylic acids is 1. The van der Waals surface area contributed by atoms with Gasteiger partial charge in [-0.05, 0) is 56.7 Å². The summed E-state index contributed by atoms with van der Waals surface area (Å²) in [7, 11) is 2.24. The van der Waals surface area contributed by atoms with Crippen molar-refractivity contribution >= 4 is 23.5 Å². The molecule has 2 aliphatic heterocycles. The SMILES string of the molecule is CSCc1cccc(NC(=O)NC2C[C@H]3CCC[C@@H](C2)N3C)c1. The molecule has 5 heteroatoms. The molecule has 4 nitrogen and oxygen atoms in total. The van der Waals surface area contributed by atoms with E-state index in [9.17, 15) is 4.79 Å². The number of nitrogens with zero attached hydrogens (tertiary/aromatic N) is 1. The topological polar surface area (TPSA) is 44.4 Å². The number of nitrogens with one attached hydrogen (secondary N) is 2. The zero-order valence-electron chi connectivity index (χ0n) is 14.0. The number of anilines is 1. The molecule has 23 heavy (non-hydrogen) atoms. The average Bonchev–Trinajstić information content (AvgIpc) is 2.49. The summed E-state index contributed by atoms with van der Waals surface area (Å²) in [5, 5.41) is 6.18. The fourth-order valence-corrected chi connectivity index (χ4v) is 4.50. The van der Waals surface area contributed by atoms with Gasteiger partial charge in [0.25, 0.3) is 0 Å². The molecule has 0 saturated carbocycles. The molecule has 0 aromatic heterocycles. The first kappa shape index (κ1) is 16.7. The molecule has 1 aromatic rings. The first-order chi connectivity index (χ1) is 11.2. The number of thioether (sulfide) groups is 1. The summed E-state index contributed by atoms with van der Waals surface area (Å²) in [6.07, 6.45) is 8.11. The molecule has 0 aliphatic carbocycles. The van der Waals surface area contributed by atoms with E-state index in [1.165, 1.54) is 24.8 Å². The average molecular weight is 334 g/mol. The maximum absolute atomic E-state index is 12.3. The van der Waals surface area contributed by atoms with E-state index in [0.29, 0.717) is 18.1 Å². The molecule has 0 spiro atoms. The maximum atomic E-state index is 12.3. The number of benzene rings is 1. The van der Waals surface area contributed by atoms with Crippen molar-refractivity contribution in [2.75, 3.05) is 18.6 Å².